The number of aliphatic hydroxyl groups excluding tert-OH is 1. The minimum Gasteiger partial charge on any atom is -0.494 e. The van der Waals surface area contributed by atoms with Crippen molar-refractivity contribution in [2.45, 2.75) is 81.8 Å². The number of aromatic nitrogens is 1. The summed E-state index contributed by atoms with van der Waals surface area (Å²) in [5.74, 6) is 1.92. The van der Waals surface area contributed by atoms with E-state index in [-0.39, 0.29) is 40.0 Å². The topological polar surface area (TPSA) is 79.7 Å². The molecule has 10 rings (SSSR count). The van der Waals surface area contributed by atoms with Crippen LogP contribution >= 0.6 is 23.1 Å². The van der Waals surface area contributed by atoms with Crippen LogP contribution in [0.15, 0.2) is 101 Å². The molecule has 1 heterocycles. The Bertz CT molecular complexity index is 2070. The lowest BCUT2D eigenvalue weighted by Gasteiger charge is -2.71. The van der Waals surface area contributed by atoms with Gasteiger partial charge in [0.05, 0.1) is 28.5 Å². The van der Waals surface area contributed by atoms with E-state index in [9.17, 15) is 10.2 Å². The number of aliphatic hydroxyl groups is 2. The lowest BCUT2D eigenvalue weighted by atomic mass is 9.32. The van der Waals surface area contributed by atoms with Gasteiger partial charge in [-0.3, -0.25) is 4.79 Å². The summed E-state index contributed by atoms with van der Waals surface area (Å²) in [5.41, 5.74) is 2.65. The zero-order valence-electron chi connectivity index (χ0n) is 29.7. The molecule has 7 heteroatoms. The Morgan fingerprint density at radius 3 is 2.43 bits per heavy atom. The standard InChI is InChI=1S/C44H47NO4S2/c1-4-49-32-14-15-34-35(24-32)51-39(45-34)50-27-43(48)21-18-37-41(43,3)20-17-36-40(2)19-16-31(46)25-42(40)22-23-44(36,37)33(26-42)38(47)30-12-10-29(11-13-30)28-8-6-5-7-9-28/h5-15,22-24,26,31,36-37,46,48H,4,16-21,25,27H2,1-3H3/t31?,36-,37-,40-,41+,42+,43-,44-/m1/s1. The number of thiazole rings is 1. The lowest BCUT2D eigenvalue weighted by Crippen LogP contribution is -2.67. The maximum atomic E-state index is 15.0. The molecule has 2 spiro atoms. The summed E-state index contributed by atoms with van der Waals surface area (Å²) in [4.78, 5) is 19.9. The summed E-state index contributed by atoms with van der Waals surface area (Å²) in [5, 5.41) is 23.8. The van der Waals surface area contributed by atoms with Crippen LogP contribution in [0.4, 0.5) is 0 Å². The molecule has 6 aliphatic rings. The number of hydrogen-bond donors (Lipinski definition) is 2. The van der Waals surface area contributed by atoms with Gasteiger partial charge in [-0.25, -0.2) is 4.98 Å². The monoisotopic (exact) mass is 717 g/mol. The van der Waals surface area contributed by atoms with Crippen molar-refractivity contribution in [3.05, 3.63) is 102 Å². The quantitative estimate of drug-likeness (QED) is 0.107. The molecule has 1 aromatic heterocycles. The molecule has 2 bridgehead atoms. The van der Waals surface area contributed by atoms with Crippen LogP contribution in [0.3, 0.4) is 0 Å². The van der Waals surface area contributed by atoms with Gasteiger partial charge < -0.3 is 14.9 Å². The molecule has 0 saturated heterocycles. The highest BCUT2D eigenvalue weighted by molar-refractivity contribution is 8.01. The predicted octanol–water partition coefficient (Wildman–Crippen LogP) is 9.93. The normalized spacial score (nSPS) is 36.3. The van der Waals surface area contributed by atoms with Crippen molar-refractivity contribution in [3.8, 4) is 16.9 Å². The van der Waals surface area contributed by atoms with Crippen molar-refractivity contribution in [2.75, 3.05) is 12.4 Å². The molecule has 3 fully saturated rings. The van der Waals surface area contributed by atoms with E-state index >= 15 is 4.79 Å². The molecule has 0 radical (unpaired) electrons. The Hall–Kier alpha value is -3.23. The van der Waals surface area contributed by atoms with Crippen LogP contribution in [-0.2, 0) is 0 Å². The summed E-state index contributed by atoms with van der Waals surface area (Å²) >= 11 is 3.33. The molecule has 5 nitrogen and oxygen atoms in total. The number of ether oxygens (including phenoxy) is 1. The summed E-state index contributed by atoms with van der Waals surface area (Å²) in [7, 11) is 0. The first-order valence-electron chi connectivity index (χ1n) is 18.7. The second-order valence-electron chi connectivity index (χ2n) is 16.4. The Kier molecular flexibility index (Phi) is 7.83. The van der Waals surface area contributed by atoms with Crippen LogP contribution < -0.4 is 4.74 Å². The number of rotatable bonds is 8. The molecular weight excluding hydrogens is 671 g/mol. The fraction of sp³-hybridized carbons (Fsp3) is 0.455. The van der Waals surface area contributed by atoms with E-state index in [0.29, 0.717) is 30.8 Å². The number of hydrogen-bond acceptors (Lipinski definition) is 7. The van der Waals surface area contributed by atoms with Crippen molar-refractivity contribution in [2.24, 2.45) is 33.5 Å². The minimum atomic E-state index is -0.897. The Labute approximate surface area is 309 Å². The summed E-state index contributed by atoms with van der Waals surface area (Å²) in [6.07, 6.45) is 12.6. The molecule has 0 amide bonds. The zero-order chi connectivity index (χ0) is 35.2. The van der Waals surface area contributed by atoms with Crippen LogP contribution in [0.1, 0.15) is 76.1 Å². The van der Waals surface area contributed by atoms with Gasteiger partial charge in [-0.2, -0.15) is 0 Å². The van der Waals surface area contributed by atoms with Crippen molar-refractivity contribution in [1.82, 2.24) is 4.98 Å². The van der Waals surface area contributed by atoms with E-state index in [1.54, 1.807) is 23.1 Å². The molecule has 4 aromatic rings. The van der Waals surface area contributed by atoms with Crippen molar-refractivity contribution in [1.29, 1.82) is 0 Å². The molecule has 6 aliphatic carbocycles. The average Bonchev–Trinajstić information content (AvgIpc) is 3.68. The Morgan fingerprint density at radius 2 is 1.65 bits per heavy atom. The minimum absolute atomic E-state index is 0.0555. The molecule has 264 valence electrons. The third kappa shape index (κ3) is 4.80. The maximum Gasteiger partial charge on any atom is 0.189 e. The van der Waals surface area contributed by atoms with E-state index in [1.165, 1.54) is 0 Å². The number of fused-ring (bicyclic) bond motifs is 2. The third-order valence-electron chi connectivity index (χ3n) is 14.3. The summed E-state index contributed by atoms with van der Waals surface area (Å²) in [6, 6.07) is 24.5. The van der Waals surface area contributed by atoms with Gasteiger partial charge in [-0.15, -0.1) is 11.3 Å². The summed E-state index contributed by atoms with van der Waals surface area (Å²) < 4.78 is 7.79. The smallest absolute Gasteiger partial charge is 0.189 e. The molecule has 3 aromatic carbocycles. The lowest BCUT2D eigenvalue weighted by molar-refractivity contribution is -0.166. The van der Waals surface area contributed by atoms with Crippen molar-refractivity contribution >= 4 is 39.1 Å². The molecule has 0 aliphatic heterocycles. The van der Waals surface area contributed by atoms with Gasteiger partial charge in [0, 0.05) is 33.1 Å². The number of thioether (sulfide) groups is 1. The molecule has 8 atom stereocenters. The second-order valence-corrected chi connectivity index (χ2v) is 18.7. The fourth-order valence-corrected chi connectivity index (χ4v) is 14.0. The van der Waals surface area contributed by atoms with E-state index in [4.69, 9.17) is 9.72 Å². The number of allylic oxidation sites excluding steroid dienone is 4. The first kappa shape index (κ1) is 33.6. The largest absolute Gasteiger partial charge is 0.494 e. The van der Waals surface area contributed by atoms with Crippen LogP contribution in [-0.4, -0.2) is 45.0 Å². The van der Waals surface area contributed by atoms with Gasteiger partial charge in [0.1, 0.15) is 5.75 Å². The predicted molar refractivity (Wildman–Crippen MR) is 206 cm³/mol. The molecule has 3 saturated carbocycles. The first-order valence-corrected chi connectivity index (χ1v) is 20.5. The van der Waals surface area contributed by atoms with E-state index in [0.717, 1.165) is 69.1 Å². The Balaban J connectivity index is 1.08. The van der Waals surface area contributed by atoms with Crippen molar-refractivity contribution < 1.29 is 19.7 Å². The molecule has 2 N–H and O–H groups in total. The SMILES string of the molecule is CCOc1ccc2nc(SC[C@]3(O)CC[C@H]4[C@]56C=C[C@@]7(C=C5C(=O)c5ccc(-c8ccccc8)cc5)CC(O)CC[C@]7(C)[C@H]6CC[C@@]43C)sc2c1. The zero-order valence-corrected chi connectivity index (χ0v) is 31.4. The van der Waals surface area contributed by atoms with Gasteiger partial charge in [-0.05, 0) is 98.4 Å². The first-order chi connectivity index (χ1) is 24.5. The van der Waals surface area contributed by atoms with Crippen LogP contribution in [0, 0.1) is 33.5 Å². The van der Waals surface area contributed by atoms with E-state index in [2.05, 4.69) is 62.4 Å². The molecule has 1 unspecified atom stereocenters. The van der Waals surface area contributed by atoms with Crippen LogP contribution in [0.25, 0.3) is 21.3 Å². The van der Waals surface area contributed by atoms with Crippen LogP contribution in [0.2, 0.25) is 0 Å². The number of benzene rings is 3. The second kappa shape index (κ2) is 11.9. The average molecular weight is 718 g/mol. The van der Waals surface area contributed by atoms with Crippen molar-refractivity contribution in [3.63, 3.8) is 0 Å². The highest BCUT2D eigenvalue weighted by Crippen LogP contribution is 2.78. The van der Waals surface area contributed by atoms with Gasteiger partial charge in [-0.1, -0.05) is 98.4 Å². The van der Waals surface area contributed by atoms with Crippen LogP contribution in [0.5, 0.6) is 5.75 Å². The van der Waals surface area contributed by atoms with E-state index in [1.807, 2.05) is 49.4 Å². The highest BCUT2D eigenvalue weighted by Gasteiger charge is 2.74. The summed E-state index contributed by atoms with van der Waals surface area (Å²) in [6.45, 7) is 7.38. The number of Topliss-reactive ketones (excluding diaryl/α,β-unsaturated/α-hetero) is 1. The number of nitrogens with zero attached hydrogens (tertiary/aromatic N) is 1. The molecular formula is C44H47NO4S2. The van der Waals surface area contributed by atoms with Gasteiger partial charge in [0.25, 0.3) is 0 Å². The van der Waals surface area contributed by atoms with Gasteiger partial charge >= 0.3 is 0 Å². The van der Waals surface area contributed by atoms with Gasteiger partial charge in [0.2, 0.25) is 0 Å². The number of carbonyl (C=O) groups is 1. The maximum absolute atomic E-state index is 15.0. The fourth-order valence-electron chi connectivity index (χ4n) is 11.6. The van der Waals surface area contributed by atoms with Gasteiger partial charge in [0.15, 0.2) is 10.1 Å². The van der Waals surface area contributed by atoms with E-state index < -0.39 is 11.0 Å². The third-order valence-corrected chi connectivity index (χ3v) is 16.7. The Morgan fingerprint density at radius 1 is 0.922 bits per heavy atom. The number of carbonyl (C=O) groups excluding carboxylic acids is 1. The molecule has 51 heavy (non-hydrogen) atoms. The highest BCUT2D eigenvalue weighted by atomic mass is 32.2. The number of ketones is 1.